The average Bonchev–Trinajstić information content (AvgIpc) is 2.94. The lowest BCUT2D eigenvalue weighted by atomic mass is 10.2. The topological polar surface area (TPSA) is 48.8 Å². The zero-order valence-electron chi connectivity index (χ0n) is 10.4. The third-order valence-corrected chi connectivity index (χ3v) is 3.35. The summed E-state index contributed by atoms with van der Waals surface area (Å²) < 4.78 is 4.12. The van der Waals surface area contributed by atoms with Gasteiger partial charge in [-0.2, -0.15) is 5.10 Å². The van der Waals surface area contributed by atoms with Crippen molar-refractivity contribution in [1.82, 2.24) is 14.3 Å². The van der Waals surface area contributed by atoms with Gasteiger partial charge in [0.2, 0.25) is 0 Å². The van der Waals surface area contributed by atoms with Crippen molar-refractivity contribution in [1.29, 1.82) is 0 Å². The van der Waals surface area contributed by atoms with E-state index in [0.29, 0.717) is 0 Å². The van der Waals surface area contributed by atoms with Crippen LogP contribution in [-0.2, 0) is 20.0 Å². The second kappa shape index (κ2) is 4.22. The van der Waals surface area contributed by atoms with Gasteiger partial charge in [0.1, 0.15) is 0 Å². The monoisotopic (exact) mass is 240 g/mol. The maximum absolute atomic E-state index is 6.04. The zero-order chi connectivity index (χ0) is 12.5. The van der Waals surface area contributed by atoms with E-state index in [1.165, 1.54) is 11.1 Å². The Hall–Kier alpha value is -2.23. The maximum Gasteiger partial charge on any atom is 0.0713 e. The number of aromatic nitrogens is 3. The number of nitrogen functional groups attached to an aromatic ring is 1. The maximum atomic E-state index is 6.04. The van der Waals surface area contributed by atoms with Crippen molar-refractivity contribution in [2.24, 2.45) is 7.05 Å². The smallest absolute Gasteiger partial charge is 0.0713 e. The van der Waals surface area contributed by atoms with Gasteiger partial charge in [0.15, 0.2) is 0 Å². The molecule has 92 valence electrons. The van der Waals surface area contributed by atoms with Crippen LogP contribution in [0, 0.1) is 0 Å². The number of hydrogen-bond acceptors (Lipinski definition) is 2. The summed E-state index contributed by atoms with van der Waals surface area (Å²) >= 11 is 0. The molecule has 0 aliphatic heterocycles. The highest BCUT2D eigenvalue weighted by Gasteiger charge is 2.05. The lowest BCUT2D eigenvalue weighted by Gasteiger charge is -2.07. The van der Waals surface area contributed by atoms with E-state index < -0.39 is 0 Å². The first-order valence-corrected chi connectivity index (χ1v) is 6.06. The van der Waals surface area contributed by atoms with Gasteiger partial charge in [-0.1, -0.05) is 12.1 Å². The summed E-state index contributed by atoms with van der Waals surface area (Å²) in [5.41, 5.74) is 9.23. The Labute approximate surface area is 106 Å². The van der Waals surface area contributed by atoms with Gasteiger partial charge in [0, 0.05) is 43.5 Å². The Bertz CT molecular complexity index is 678. The van der Waals surface area contributed by atoms with E-state index in [1.807, 2.05) is 30.1 Å². The van der Waals surface area contributed by atoms with Gasteiger partial charge in [0.05, 0.1) is 11.2 Å². The van der Waals surface area contributed by atoms with E-state index in [4.69, 9.17) is 5.73 Å². The fourth-order valence-electron chi connectivity index (χ4n) is 2.36. The lowest BCUT2D eigenvalue weighted by molar-refractivity contribution is 0.649. The molecule has 0 spiro atoms. The number of fused-ring (bicyclic) bond motifs is 1. The van der Waals surface area contributed by atoms with E-state index in [9.17, 15) is 0 Å². The summed E-state index contributed by atoms with van der Waals surface area (Å²) in [6.07, 6.45) is 4.88. The van der Waals surface area contributed by atoms with Crippen LogP contribution in [0.5, 0.6) is 0 Å². The number of rotatable bonds is 3. The molecule has 4 nitrogen and oxygen atoms in total. The highest BCUT2D eigenvalue weighted by atomic mass is 15.3. The van der Waals surface area contributed by atoms with Crippen LogP contribution in [0.4, 0.5) is 5.69 Å². The van der Waals surface area contributed by atoms with Crippen LogP contribution in [0.2, 0.25) is 0 Å². The van der Waals surface area contributed by atoms with Crippen LogP contribution < -0.4 is 5.73 Å². The predicted octanol–water partition coefficient (Wildman–Crippen LogP) is 2.20. The summed E-state index contributed by atoms with van der Waals surface area (Å²) in [5, 5.41) is 5.37. The standard InChI is InChI=1S/C14H16N4/c1-17-12(5-8-16-17)7-10-18-9-6-11-3-2-4-13(15)14(11)18/h2-6,8-9H,7,10,15H2,1H3. The second-order valence-corrected chi connectivity index (χ2v) is 4.49. The number of benzene rings is 1. The third-order valence-electron chi connectivity index (χ3n) is 3.35. The quantitative estimate of drug-likeness (QED) is 0.713. The molecule has 0 atom stereocenters. The lowest BCUT2D eigenvalue weighted by Crippen LogP contribution is -2.05. The molecule has 0 saturated carbocycles. The Balaban J connectivity index is 1.89. The molecule has 0 bridgehead atoms. The molecule has 1 aromatic carbocycles. The van der Waals surface area contributed by atoms with Crippen molar-refractivity contribution in [3.05, 3.63) is 48.4 Å². The Kier molecular flexibility index (Phi) is 2.55. The second-order valence-electron chi connectivity index (χ2n) is 4.49. The van der Waals surface area contributed by atoms with Gasteiger partial charge in [-0.15, -0.1) is 0 Å². The van der Waals surface area contributed by atoms with Crippen LogP contribution in [0.3, 0.4) is 0 Å². The molecule has 2 heterocycles. The van der Waals surface area contributed by atoms with Crippen molar-refractivity contribution in [2.45, 2.75) is 13.0 Å². The largest absolute Gasteiger partial charge is 0.397 e. The zero-order valence-corrected chi connectivity index (χ0v) is 10.4. The number of hydrogen-bond donors (Lipinski definition) is 1. The Morgan fingerprint density at radius 3 is 2.89 bits per heavy atom. The molecule has 3 aromatic rings. The summed E-state index contributed by atoms with van der Waals surface area (Å²) in [4.78, 5) is 0. The van der Waals surface area contributed by atoms with Crippen LogP contribution >= 0.6 is 0 Å². The van der Waals surface area contributed by atoms with E-state index in [-0.39, 0.29) is 0 Å². The number of anilines is 1. The van der Waals surface area contributed by atoms with Crippen molar-refractivity contribution in [3.63, 3.8) is 0 Å². The number of nitrogens with zero attached hydrogens (tertiary/aromatic N) is 3. The average molecular weight is 240 g/mol. The molecule has 0 amide bonds. The SMILES string of the molecule is Cn1nccc1CCn1ccc2cccc(N)c21. The van der Waals surface area contributed by atoms with Gasteiger partial charge in [-0.05, 0) is 18.2 Å². The summed E-state index contributed by atoms with van der Waals surface area (Å²) in [5.74, 6) is 0. The van der Waals surface area contributed by atoms with Crippen LogP contribution in [0.15, 0.2) is 42.7 Å². The summed E-state index contributed by atoms with van der Waals surface area (Å²) in [7, 11) is 1.97. The molecule has 2 aromatic heterocycles. The van der Waals surface area contributed by atoms with Gasteiger partial charge in [-0.3, -0.25) is 4.68 Å². The molecule has 0 aliphatic carbocycles. The minimum atomic E-state index is 0.836. The minimum Gasteiger partial charge on any atom is -0.397 e. The van der Waals surface area contributed by atoms with Crippen molar-refractivity contribution in [2.75, 3.05) is 5.73 Å². The van der Waals surface area contributed by atoms with Crippen molar-refractivity contribution >= 4 is 16.6 Å². The number of nitrogens with two attached hydrogens (primary N) is 1. The van der Waals surface area contributed by atoms with Crippen molar-refractivity contribution < 1.29 is 0 Å². The molecular weight excluding hydrogens is 224 g/mol. The number of aryl methyl sites for hydroxylation is 3. The number of para-hydroxylation sites is 1. The van der Waals surface area contributed by atoms with Crippen LogP contribution in [0.25, 0.3) is 10.9 Å². The fraction of sp³-hybridized carbons (Fsp3) is 0.214. The Morgan fingerprint density at radius 1 is 1.22 bits per heavy atom. The summed E-state index contributed by atoms with van der Waals surface area (Å²) in [6, 6.07) is 10.2. The van der Waals surface area contributed by atoms with E-state index >= 15 is 0 Å². The highest BCUT2D eigenvalue weighted by molar-refractivity contribution is 5.90. The minimum absolute atomic E-state index is 0.836. The molecule has 0 radical (unpaired) electrons. The van der Waals surface area contributed by atoms with E-state index in [0.717, 1.165) is 24.2 Å². The van der Waals surface area contributed by atoms with E-state index in [2.05, 4.69) is 34.1 Å². The highest BCUT2D eigenvalue weighted by Crippen LogP contribution is 2.22. The molecular formula is C14H16N4. The molecule has 4 heteroatoms. The molecule has 0 saturated heterocycles. The third kappa shape index (κ3) is 1.76. The first-order chi connectivity index (χ1) is 8.75. The van der Waals surface area contributed by atoms with Crippen LogP contribution in [0.1, 0.15) is 5.69 Å². The van der Waals surface area contributed by atoms with Gasteiger partial charge >= 0.3 is 0 Å². The van der Waals surface area contributed by atoms with Gasteiger partial charge in [-0.25, -0.2) is 0 Å². The first kappa shape index (κ1) is 10.9. The summed E-state index contributed by atoms with van der Waals surface area (Å²) in [6.45, 7) is 0.914. The fourth-order valence-corrected chi connectivity index (χ4v) is 2.36. The van der Waals surface area contributed by atoms with Gasteiger partial charge in [0.25, 0.3) is 0 Å². The molecule has 2 N–H and O–H groups in total. The first-order valence-electron chi connectivity index (χ1n) is 6.06. The molecule has 18 heavy (non-hydrogen) atoms. The normalized spacial score (nSPS) is 11.2. The Morgan fingerprint density at radius 2 is 2.11 bits per heavy atom. The van der Waals surface area contributed by atoms with Crippen LogP contribution in [-0.4, -0.2) is 14.3 Å². The molecule has 0 fully saturated rings. The van der Waals surface area contributed by atoms with Gasteiger partial charge < -0.3 is 10.3 Å². The molecule has 0 aliphatic rings. The molecule has 0 unspecified atom stereocenters. The van der Waals surface area contributed by atoms with Crippen molar-refractivity contribution in [3.8, 4) is 0 Å². The van der Waals surface area contributed by atoms with E-state index in [1.54, 1.807) is 0 Å². The molecule has 3 rings (SSSR count). The predicted molar refractivity (Wildman–Crippen MR) is 73.3 cm³/mol.